The monoisotopic (exact) mass is 714 g/mol. The third kappa shape index (κ3) is 32.4. The van der Waals surface area contributed by atoms with Gasteiger partial charge in [-0.05, 0) is 70.6 Å². The average Bonchev–Trinajstić information content (AvgIpc) is 3.08. The predicted octanol–water partition coefficient (Wildman–Crippen LogP) is 8.68. The van der Waals surface area contributed by atoms with Gasteiger partial charge in [-0.15, -0.1) is 0 Å². The molecule has 290 valence electrons. The van der Waals surface area contributed by atoms with Gasteiger partial charge in [0.1, 0.15) is 12.6 Å². The zero-order valence-electron chi connectivity index (χ0n) is 32.7. The fourth-order valence-corrected chi connectivity index (χ4v) is 5.05. The number of carbonyl (C=O) groups is 3. The number of aliphatic carboxylic acids is 1. The maximum absolute atomic E-state index is 12.5. The van der Waals surface area contributed by atoms with Gasteiger partial charge in [0.05, 0.1) is 40.3 Å². The van der Waals surface area contributed by atoms with Crippen molar-refractivity contribution in [3.8, 4) is 0 Å². The number of unbranched alkanes of at least 4 members (excludes halogenated alkanes) is 7. The number of carboxylic acids is 1. The quantitative estimate of drug-likeness (QED) is 0.0290. The van der Waals surface area contributed by atoms with Gasteiger partial charge >= 0.3 is 11.9 Å². The minimum atomic E-state index is -1.14. The van der Waals surface area contributed by atoms with Crippen LogP contribution in [0.15, 0.2) is 72.9 Å². The van der Waals surface area contributed by atoms with E-state index in [1.165, 1.54) is 19.3 Å². The Morgan fingerprint density at radius 1 is 0.608 bits per heavy atom. The van der Waals surface area contributed by atoms with Crippen LogP contribution in [-0.4, -0.2) is 75.5 Å². The minimum Gasteiger partial charge on any atom is -0.544 e. The summed E-state index contributed by atoms with van der Waals surface area (Å²) >= 11 is 0. The molecule has 2 unspecified atom stereocenters. The first-order chi connectivity index (χ1) is 24.6. The number of allylic oxidation sites excluding steroid dienone is 12. The molecule has 0 amide bonds. The van der Waals surface area contributed by atoms with E-state index in [0.717, 1.165) is 70.6 Å². The lowest BCUT2D eigenvalue weighted by molar-refractivity contribution is -0.889. The number of nitrogens with zero attached hydrogens (tertiary/aromatic N) is 1. The molecule has 0 bridgehead atoms. The fraction of sp³-hybridized carbons (Fsp3) is 0.651. The van der Waals surface area contributed by atoms with Crippen molar-refractivity contribution in [2.24, 2.45) is 0 Å². The maximum atomic E-state index is 12.5. The Morgan fingerprint density at radius 2 is 1.14 bits per heavy atom. The summed E-state index contributed by atoms with van der Waals surface area (Å²) in [5, 5.41) is 11.6. The van der Waals surface area contributed by atoms with Crippen LogP contribution in [-0.2, 0) is 28.6 Å². The molecule has 51 heavy (non-hydrogen) atoms. The Kier molecular flexibility index (Phi) is 31.7. The molecule has 0 saturated heterocycles. The molecular formula is C43H71NO7. The highest BCUT2D eigenvalue weighted by Crippen LogP contribution is 2.10. The number of esters is 2. The number of hydrogen-bond donors (Lipinski definition) is 0. The molecule has 0 heterocycles. The van der Waals surface area contributed by atoms with Crippen molar-refractivity contribution in [2.45, 2.75) is 142 Å². The summed E-state index contributed by atoms with van der Waals surface area (Å²) in [6, 6.07) is -0.737. The van der Waals surface area contributed by atoms with Crippen LogP contribution >= 0.6 is 0 Å². The van der Waals surface area contributed by atoms with Crippen LogP contribution in [0.5, 0.6) is 0 Å². The van der Waals surface area contributed by atoms with Crippen LogP contribution in [0.1, 0.15) is 129 Å². The summed E-state index contributed by atoms with van der Waals surface area (Å²) in [7, 11) is 5.36. The molecule has 0 rings (SSSR count). The van der Waals surface area contributed by atoms with E-state index in [1.54, 1.807) is 21.1 Å². The molecule has 8 nitrogen and oxygen atoms in total. The Hall–Kier alpha value is -3.23. The molecule has 8 heteroatoms. The molecule has 2 atom stereocenters. The lowest BCUT2D eigenvalue weighted by Gasteiger charge is -2.34. The summed E-state index contributed by atoms with van der Waals surface area (Å²) in [6.07, 6.45) is 41.0. The van der Waals surface area contributed by atoms with E-state index < -0.39 is 18.1 Å². The van der Waals surface area contributed by atoms with Gasteiger partial charge in [-0.25, -0.2) is 0 Å². The highest BCUT2D eigenvalue weighted by molar-refractivity contribution is 5.70. The molecule has 0 saturated carbocycles. The smallest absolute Gasteiger partial charge is 0.306 e. The second-order valence-corrected chi connectivity index (χ2v) is 13.8. The molecule has 0 aromatic carbocycles. The van der Waals surface area contributed by atoms with E-state index in [-0.39, 0.29) is 49.1 Å². The van der Waals surface area contributed by atoms with Crippen LogP contribution in [0.25, 0.3) is 0 Å². The molecule has 0 fully saturated rings. The van der Waals surface area contributed by atoms with Gasteiger partial charge in [-0.1, -0.05) is 112 Å². The Morgan fingerprint density at radius 3 is 1.69 bits per heavy atom. The number of quaternary nitrogens is 1. The lowest BCUT2D eigenvalue weighted by atomic mass is 10.1. The van der Waals surface area contributed by atoms with E-state index in [4.69, 9.17) is 14.2 Å². The molecule has 0 aliphatic rings. The van der Waals surface area contributed by atoms with Crippen LogP contribution < -0.4 is 5.11 Å². The van der Waals surface area contributed by atoms with Crippen molar-refractivity contribution < 1.29 is 38.2 Å². The SMILES string of the molecule is CC/C=C/C/C=C/C/C=C/C/C=C/C/C=C/CCCCCC(=O)OCC(COCCC(C(=O)[O-])[N+](C)(C)C)OC(=O)CC/C=C/CCCCCC. The molecule has 0 aliphatic carbocycles. The first-order valence-corrected chi connectivity index (χ1v) is 19.5. The number of hydrogen-bond acceptors (Lipinski definition) is 7. The van der Waals surface area contributed by atoms with E-state index >= 15 is 0 Å². The van der Waals surface area contributed by atoms with Crippen molar-refractivity contribution in [1.82, 2.24) is 0 Å². The third-order valence-corrected chi connectivity index (χ3v) is 8.09. The van der Waals surface area contributed by atoms with E-state index in [2.05, 4.69) is 80.7 Å². The summed E-state index contributed by atoms with van der Waals surface area (Å²) in [5.41, 5.74) is 0. The normalized spacial score (nSPS) is 13.8. The standard InChI is InChI=1S/C43H71NO7/c1-6-8-10-12-14-16-17-18-19-20-21-22-23-24-25-26-28-29-31-33-41(45)50-38-39(37-49-36-35-40(43(47)48)44(3,4)5)51-42(46)34-32-30-27-15-13-11-9-7-2/h8,10,14,16,18-19,21-22,24-25,27,30,39-40H,6-7,9,11-13,15,17,20,23,26,28-29,31-38H2,1-5H3/b10-8+,16-14+,19-18+,22-21+,25-24+,30-27+. The molecule has 0 aromatic heterocycles. The number of carboxylic acid groups (broad SMARTS) is 1. The largest absolute Gasteiger partial charge is 0.544 e. The highest BCUT2D eigenvalue weighted by Gasteiger charge is 2.25. The second-order valence-electron chi connectivity index (χ2n) is 13.8. The summed E-state index contributed by atoms with van der Waals surface area (Å²) in [5.74, 6) is -1.86. The van der Waals surface area contributed by atoms with Crippen molar-refractivity contribution in [1.29, 1.82) is 0 Å². The Bertz CT molecular complexity index is 1060. The molecule has 0 spiro atoms. The lowest BCUT2D eigenvalue weighted by Crippen LogP contribution is -2.55. The zero-order valence-corrected chi connectivity index (χ0v) is 32.7. The van der Waals surface area contributed by atoms with Crippen molar-refractivity contribution in [3.05, 3.63) is 72.9 Å². The van der Waals surface area contributed by atoms with Gasteiger partial charge in [0, 0.05) is 19.3 Å². The van der Waals surface area contributed by atoms with E-state index in [1.807, 2.05) is 6.08 Å². The van der Waals surface area contributed by atoms with Crippen molar-refractivity contribution in [2.75, 3.05) is 41.0 Å². The number of likely N-dealkylation sites (N-methyl/N-ethyl adjacent to an activating group) is 1. The number of ether oxygens (including phenoxy) is 3. The average molecular weight is 714 g/mol. The Balaban J connectivity index is 4.43. The first kappa shape index (κ1) is 47.8. The third-order valence-electron chi connectivity index (χ3n) is 8.09. The topological polar surface area (TPSA) is 102 Å². The van der Waals surface area contributed by atoms with Crippen LogP contribution in [0.4, 0.5) is 0 Å². The first-order valence-electron chi connectivity index (χ1n) is 19.5. The van der Waals surface area contributed by atoms with E-state index in [0.29, 0.717) is 12.8 Å². The second kappa shape index (κ2) is 33.9. The van der Waals surface area contributed by atoms with Crippen LogP contribution in [0.2, 0.25) is 0 Å². The molecule has 0 aromatic rings. The zero-order chi connectivity index (χ0) is 37.8. The predicted molar refractivity (Wildman–Crippen MR) is 208 cm³/mol. The van der Waals surface area contributed by atoms with Gasteiger partial charge in [-0.2, -0.15) is 0 Å². The van der Waals surface area contributed by atoms with Crippen molar-refractivity contribution >= 4 is 17.9 Å². The summed E-state index contributed by atoms with van der Waals surface area (Å²) in [6.45, 7) is 4.39. The van der Waals surface area contributed by atoms with E-state index in [9.17, 15) is 19.5 Å². The van der Waals surface area contributed by atoms with Gasteiger partial charge < -0.3 is 28.6 Å². The van der Waals surface area contributed by atoms with Crippen LogP contribution in [0.3, 0.4) is 0 Å². The van der Waals surface area contributed by atoms with Gasteiger partial charge in [0.25, 0.3) is 0 Å². The fourth-order valence-electron chi connectivity index (χ4n) is 5.05. The summed E-state index contributed by atoms with van der Waals surface area (Å²) in [4.78, 5) is 36.5. The molecule has 0 aliphatic heterocycles. The Labute approximate surface area is 311 Å². The highest BCUT2D eigenvalue weighted by atomic mass is 16.6. The molecular weight excluding hydrogens is 642 g/mol. The summed E-state index contributed by atoms with van der Waals surface area (Å²) < 4.78 is 17.0. The molecule has 0 N–H and O–H groups in total. The maximum Gasteiger partial charge on any atom is 0.306 e. The van der Waals surface area contributed by atoms with Gasteiger partial charge in [0.2, 0.25) is 0 Å². The number of carbonyl (C=O) groups excluding carboxylic acids is 3. The van der Waals surface area contributed by atoms with Crippen molar-refractivity contribution in [3.63, 3.8) is 0 Å². The van der Waals surface area contributed by atoms with Gasteiger partial charge in [0.15, 0.2) is 6.10 Å². The van der Waals surface area contributed by atoms with Gasteiger partial charge in [-0.3, -0.25) is 9.59 Å². The minimum absolute atomic E-state index is 0.0104. The molecule has 0 radical (unpaired) electrons. The number of rotatable bonds is 33. The van der Waals surface area contributed by atoms with Crippen LogP contribution in [0, 0.1) is 0 Å².